The van der Waals surface area contributed by atoms with E-state index in [0.29, 0.717) is 0 Å². The van der Waals surface area contributed by atoms with E-state index in [1.807, 2.05) is 0 Å². The zero-order chi connectivity index (χ0) is 9.52. The fourth-order valence-corrected chi connectivity index (χ4v) is 0.930. The number of hydrogen-bond donors (Lipinski definition) is 3. The van der Waals surface area contributed by atoms with Crippen LogP contribution in [0.1, 0.15) is 0 Å². The summed E-state index contributed by atoms with van der Waals surface area (Å²) in [5.74, 6) is 0. The number of hydrogen-bond acceptors (Lipinski definition) is 4. The molecule has 4 atom stereocenters. The highest BCUT2D eigenvalue weighted by molar-refractivity contribution is 4.89. The Morgan fingerprint density at radius 3 is 1.67 bits per heavy atom. The van der Waals surface area contributed by atoms with E-state index in [0.717, 1.165) is 0 Å². The summed E-state index contributed by atoms with van der Waals surface area (Å²) in [6.45, 7) is 0. The first-order valence-electron chi connectivity index (χ1n) is 3.10. The van der Waals surface area contributed by atoms with Crippen LogP contribution in [0.5, 0.6) is 0 Å². The molecule has 1 saturated heterocycles. The second-order valence-electron chi connectivity index (χ2n) is 2.47. The van der Waals surface area contributed by atoms with Gasteiger partial charge in [-0.2, -0.15) is 13.2 Å². The van der Waals surface area contributed by atoms with Gasteiger partial charge in [-0.1, -0.05) is 0 Å². The first kappa shape index (κ1) is 9.72. The Hall–Kier alpha value is -0.370. The Bertz CT molecular complexity index is 171. The number of aliphatic hydroxyl groups is 3. The van der Waals surface area contributed by atoms with E-state index in [2.05, 4.69) is 4.74 Å². The van der Waals surface area contributed by atoms with Crippen molar-refractivity contribution in [1.29, 1.82) is 0 Å². The topological polar surface area (TPSA) is 69.9 Å². The predicted molar refractivity (Wildman–Crippen MR) is 28.9 cm³/mol. The molecule has 1 unspecified atom stereocenters. The van der Waals surface area contributed by atoms with Gasteiger partial charge in [-0.3, -0.25) is 0 Å². The molecule has 0 radical (unpaired) electrons. The summed E-state index contributed by atoms with van der Waals surface area (Å²) in [7, 11) is 0. The third-order valence-electron chi connectivity index (χ3n) is 1.56. The summed E-state index contributed by atoms with van der Waals surface area (Å²) in [6, 6.07) is 0. The summed E-state index contributed by atoms with van der Waals surface area (Å²) >= 11 is 0. The maximum atomic E-state index is 11.9. The first-order valence-corrected chi connectivity index (χ1v) is 3.10. The highest BCUT2D eigenvalue weighted by Crippen LogP contribution is 2.32. The van der Waals surface area contributed by atoms with Crippen molar-refractivity contribution in [3.05, 3.63) is 0 Å². The average molecular weight is 188 g/mol. The molecule has 0 saturated carbocycles. The molecule has 1 fully saturated rings. The van der Waals surface area contributed by atoms with Crippen LogP contribution < -0.4 is 0 Å². The second kappa shape index (κ2) is 2.84. The average Bonchev–Trinajstić information content (AvgIpc) is 2.15. The van der Waals surface area contributed by atoms with Crippen LogP contribution in [-0.2, 0) is 4.74 Å². The number of alkyl halides is 3. The van der Waals surface area contributed by atoms with E-state index >= 15 is 0 Å². The molecule has 0 aromatic carbocycles. The van der Waals surface area contributed by atoms with Crippen molar-refractivity contribution >= 4 is 0 Å². The normalized spacial score (nSPS) is 43.5. The Morgan fingerprint density at radius 1 is 1.00 bits per heavy atom. The molecule has 7 heteroatoms. The SMILES string of the molecule is OC1O[C@@H](C(F)(F)F)[C@H](O)[C@@H]1O. The maximum absolute atomic E-state index is 11.9. The van der Waals surface area contributed by atoms with Crippen molar-refractivity contribution in [3.63, 3.8) is 0 Å². The largest absolute Gasteiger partial charge is 0.417 e. The van der Waals surface area contributed by atoms with Crippen LogP contribution in [-0.4, -0.2) is 46.1 Å². The quantitative estimate of drug-likeness (QED) is 0.455. The predicted octanol–water partition coefficient (Wildman–Crippen LogP) is -1.01. The summed E-state index contributed by atoms with van der Waals surface area (Å²) in [5, 5.41) is 26.0. The van der Waals surface area contributed by atoms with Gasteiger partial charge in [-0.25, -0.2) is 0 Å². The molecule has 3 N–H and O–H groups in total. The van der Waals surface area contributed by atoms with Gasteiger partial charge in [0, 0.05) is 0 Å². The lowest BCUT2D eigenvalue weighted by molar-refractivity contribution is -0.248. The van der Waals surface area contributed by atoms with Crippen LogP contribution in [0.2, 0.25) is 0 Å². The molecule has 1 heterocycles. The van der Waals surface area contributed by atoms with E-state index in [9.17, 15) is 13.2 Å². The maximum Gasteiger partial charge on any atom is 0.417 e. The van der Waals surface area contributed by atoms with Gasteiger partial charge in [-0.05, 0) is 0 Å². The smallest absolute Gasteiger partial charge is 0.387 e. The standard InChI is InChI=1S/C5H7F3O4/c6-5(7,8)3-1(9)2(10)4(11)12-3/h1-4,9-11H/t1-,2+,3-,4?/m1/s1. The molecule has 72 valence electrons. The second-order valence-corrected chi connectivity index (χ2v) is 2.47. The summed E-state index contributed by atoms with van der Waals surface area (Å²) in [6.07, 6.45) is -13.3. The molecule has 1 rings (SSSR count). The molecular formula is C5H7F3O4. The Balaban J connectivity index is 2.71. The highest BCUT2D eigenvalue weighted by Gasteiger charge is 2.55. The highest BCUT2D eigenvalue weighted by atomic mass is 19.4. The molecule has 0 amide bonds. The number of aliphatic hydroxyl groups excluding tert-OH is 3. The van der Waals surface area contributed by atoms with Gasteiger partial charge >= 0.3 is 6.18 Å². The molecule has 4 nitrogen and oxygen atoms in total. The minimum absolute atomic E-state index is 1.91. The summed E-state index contributed by atoms with van der Waals surface area (Å²) in [5.41, 5.74) is 0. The van der Waals surface area contributed by atoms with Crippen molar-refractivity contribution in [1.82, 2.24) is 0 Å². The lowest BCUT2D eigenvalue weighted by atomic mass is 10.1. The van der Waals surface area contributed by atoms with E-state index in [4.69, 9.17) is 15.3 Å². The molecule has 0 spiro atoms. The molecule has 12 heavy (non-hydrogen) atoms. The molecule has 1 aliphatic rings. The molecule has 0 aliphatic carbocycles. The van der Waals surface area contributed by atoms with Gasteiger partial charge in [0.2, 0.25) is 0 Å². The van der Waals surface area contributed by atoms with Crippen molar-refractivity contribution < 1.29 is 33.2 Å². The third kappa shape index (κ3) is 1.53. The van der Waals surface area contributed by atoms with Gasteiger partial charge in [-0.15, -0.1) is 0 Å². The van der Waals surface area contributed by atoms with Crippen LogP contribution in [0.4, 0.5) is 13.2 Å². The van der Waals surface area contributed by atoms with Crippen molar-refractivity contribution in [2.75, 3.05) is 0 Å². The zero-order valence-corrected chi connectivity index (χ0v) is 5.69. The Labute approximate surface area is 65.2 Å². The number of rotatable bonds is 0. The van der Waals surface area contributed by atoms with Crippen LogP contribution in [0.25, 0.3) is 0 Å². The summed E-state index contributed by atoms with van der Waals surface area (Å²) in [4.78, 5) is 0. The molecule has 0 aromatic heterocycles. The number of ether oxygens (including phenoxy) is 1. The lowest BCUT2D eigenvalue weighted by Gasteiger charge is -2.16. The van der Waals surface area contributed by atoms with Gasteiger partial charge in [0.15, 0.2) is 12.4 Å². The number of halogens is 3. The van der Waals surface area contributed by atoms with Crippen molar-refractivity contribution in [2.45, 2.75) is 30.8 Å². The first-order chi connectivity index (χ1) is 5.34. The van der Waals surface area contributed by atoms with Crippen LogP contribution in [0.3, 0.4) is 0 Å². The van der Waals surface area contributed by atoms with Crippen molar-refractivity contribution in [2.24, 2.45) is 0 Å². The fraction of sp³-hybridized carbons (Fsp3) is 1.00. The van der Waals surface area contributed by atoms with E-state index in [1.54, 1.807) is 0 Å². The molecular weight excluding hydrogens is 181 g/mol. The van der Waals surface area contributed by atoms with Crippen LogP contribution in [0.15, 0.2) is 0 Å². The van der Waals surface area contributed by atoms with Gasteiger partial charge in [0.25, 0.3) is 0 Å². The van der Waals surface area contributed by atoms with Gasteiger partial charge < -0.3 is 20.1 Å². The van der Waals surface area contributed by atoms with E-state index in [-0.39, 0.29) is 0 Å². The summed E-state index contributed by atoms with van der Waals surface area (Å²) < 4.78 is 39.4. The zero-order valence-electron chi connectivity index (χ0n) is 5.69. The van der Waals surface area contributed by atoms with Crippen LogP contribution >= 0.6 is 0 Å². The molecule has 0 bridgehead atoms. The lowest BCUT2D eigenvalue weighted by Crippen LogP contribution is -2.40. The third-order valence-corrected chi connectivity index (χ3v) is 1.56. The van der Waals surface area contributed by atoms with Gasteiger partial charge in [0.1, 0.15) is 12.2 Å². The Morgan fingerprint density at radius 2 is 1.50 bits per heavy atom. The molecule has 0 aromatic rings. The van der Waals surface area contributed by atoms with Crippen LogP contribution in [0, 0.1) is 0 Å². The fourth-order valence-electron chi connectivity index (χ4n) is 0.930. The van der Waals surface area contributed by atoms with Gasteiger partial charge in [0.05, 0.1) is 0 Å². The minimum Gasteiger partial charge on any atom is -0.387 e. The van der Waals surface area contributed by atoms with Crippen molar-refractivity contribution in [3.8, 4) is 0 Å². The minimum atomic E-state index is -4.78. The monoisotopic (exact) mass is 188 g/mol. The van der Waals surface area contributed by atoms with E-state index < -0.39 is 30.8 Å². The molecule has 1 aliphatic heterocycles. The van der Waals surface area contributed by atoms with E-state index in [1.165, 1.54) is 0 Å². The Kier molecular flexibility index (Phi) is 2.30.